The van der Waals surface area contributed by atoms with Gasteiger partial charge in [0.05, 0.1) is 5.71 Å². The van der Waals surface area contributed by atoms with Crippen molar-refractivity contribution in [3.8, 4) is 0 Å². The van der Waals surface area contributed by atoms with Crippen molar-refractivity contribution in [2.24, 2.45) is 33.7 Å². The molecule has 0 aromatic carbocycles. The fourth-order valence-electron chi connectivity index (χ4n) is 7.87. The van der Waals surface area contributed by atoms with Gasteiger partial charge in [-0.05, 0) is 87.5 Å². The largest absolute Gasteiger partial charge is 0.479 e. The number of hydrogen-bond donors (Lipinski definition) is 1. The lowest BCUT2D eigenvalue weighted by Crippen LogP contribution is -2.58. The fourth-order valence-corrected chi connectivity index (χ4v) is 7.87. The molecule has 176 valence electrons. The van der Waals surface area contributed by atoms with E-state index in [0.29, 0.717) is 24.2 Å². The predicted octanol–water partition coefficient (Wildman–Crippen LogP) is 4.30. The van der Waals surface area contributed by atoms with E-state index in [0.717, 1.165) is 50.7 Å². The van der Waals surface area contributed by atoms with Crippen molar-refractivity contribution in [2.75, 3.05) is 6.61 Å². The van der Waals surface area contributed by atoms with Crippen molar-refractivity contribution >= 4 is 23.4 Å². The molecule has 0 spiro atoms. The summed E-state index contributed by atoms with van der Waals surface area (Å²) in [6.45, 7) is 7.12. The van der Waals surface area contributed by atoms with E-state index in [1.807, 2.05) is 0 Å². The molecule has 0 aromatic heterocycles. The normalized spacial score (nSPS) is 41.7. The van der Waals surface area contributed by atoms with E-state index in [9.17, 15) is 14.4 Å². The summed E-state index contributed by atoms with van der Waals surface area (Å²) in [7, 11) is 0. The molecule has 0 aliphatic heterocycles. The number of oxime groups is 1. The van der Waals surface area contributed by atoms with Gasteiger partial charge in [0, 0.05) is 12.3 Å². The zero-order valence-corrected chi connectivity index (χ0v) is 19.6. The summed E-state index contributed by atoms with van der Waals surface area (Å²) in [6.07, 6.45) is 9.37. The van der Waals surface area contributed by atoms with Crippen molar-refractivity contribution in [2.45, 2.75) is 84.7 Å². The Kier molecular flexibility index (Phi) is 5.74. The van der Waals surface area contributed by atoms with Gasteiger partial charge < -0.3 is 14.7 Å². The number of rotatable bonds is 5. The van der Waals surface area contributed by atoms with Gasteiger partial charge >= 0.3 is 11.9 Å². The molecule has 0 radical (unpaired) electrons. The Balaban J connectivity index is 1.59. The number of allylic oxidation sites excluding steroid dienone is 2. The van der Waals surface area contributed by atoms with Gasteiger partial charge in [0.2, 0.25) is 6.61 Å². The number of esters is 1. The summed E-state index contributed by atoms with van der Waals surface area (Å²) in [5.74, 6) is 0.00154. The number of ketones is 1. The lowest BCUT2D eigenvalue weighted by atomic mass is 9.46. The van der Waals surface area contributed by atoms with Gasteiger partial charge in [-0.25, -0.2) is 4.79 Å². The van der Waals surface area contributed by atoms with E-state index in [2.05, 4.69) is 25.1 Å². The third-order valence-corrected chi connectivity index (χ3v) is 9.35. The Labute approximate surface area is 189 Å². The molecule has 7 heteroatoms. The van der Waals surface area contributed by atoms with Crippen molar-refractivity contribution in [1.29, 1.82) is 0 Å². The average Bonchev–Trinajstić information content (AvgIpc) is 3.01. The zero-order valence-electron chi connectivity index (χ0n) is 19.6. The third-order valence-electron chi connectivity index (χ3n) is 9.35. The van der Waals surface area contributed by atoms with Crippen LogP contribution in [0.2, 0.25) is 0 Å². The number of carbonyl (C=O) groups excluding carboxylic acids is 2. The maximum absolute atomic E-state index is 12.8. The molecule has 4 rings (SSSR count). The summed E-state index contributed by atoms with van der Waals surface area (Å²) >= 11 is 0. The van der Waals surface area contributed by atoms with Crippen molar-refractivity contribution in [1.82, 2.24) is 0 Å². The number of carboxylic acids is 1. The van der Waals surface area contributed by atoms with Crippen molar-refractivity contribution in [3.05, 3.63) is 11.6 Å². The van der Waals surface area contributed by atoms with Gasteiger partial charge in [-0.15, -0.1) is 0 Å². The van der Waals surface area contributed by atoms with Crippen LogP contribution in [0, 0.1) is 28.6 Å². The van der Waals surface area contributed by atoms with Crippen LogP contribution in [0.1, 0.15) is 79.1 Å². The van der Waals surface area contributed by atoms with Gasteiger partial charge in [0.25, 0.3) is 0 Å². The number of nitrogens with zero attached hydrogens (tertiary/aromatic N) is 1. The van der Waals surface area contributed by atoms with Crippen molar-refractivity contribution in [3.63, 3.8) is 0 Å². The Hall–Kier alpha value is -2.18. The monoisotopic (exact) mass is 445 g/mol. The van der Waals surface area contributed by atoms with Crippen LogP contribution in [-0.2, 0) is 24.0 Å². The van der Waals surface area contributed by atoms with E-state index in [4.69, 9.17) is 14.7 Å². The van der Waals surface area contributed by atoms with Crippen LogP contribution in [0.5, 0.6) is 0 Å². The Bertz CT molecular complexity index is 893. The zero-order chi connectivity index (χ0) is 23.3. The molecule has 0 heterocycles. The number of fused-ring (bicyclic) bond motifs is 5. The van der Waals surface area contributed by atoms with Crippen LogP contribution in [0.3, 0.4) is 0 Å². The fraction of sp³-hybridized carbons (Fsp3) is 0.760. The molecule has 3 saturated carbocycles. The molecular formula is C25H35NO6. The number of aliphatic carboxylic acids is 1. The van der Waals surface area contributed by atoms with Crippen LogP contribution >= 0.6 is 0 Å². The smallest absolute Gasteiger partial charge is 0.344 e. The maximum atomic E-state index is 12.8. The lowest BCUT2D eigenvalue weighted by Gasteiger charge is -2.59. The van der Waals surface area contributed by atoms with Crippen LogP contribution < -0.4 is 0 Å². The van der Waals surface area contributed by atoms with E-state index in [1.54, 1.807) is 6.92 Å². The predicted molar refractivity (Wildman–Crippen MR) is 118 cm³/mol. The second-order valence-corrected chi connectivity index (χ2v) is 10.7. The average molecular weight is 446 g/mol. The van der Waals surface area contributed by atoms with E-state index < -0.39 is 18.2 Å². The summed E-state index contributed by atoms with van der Waals surface area (Å²) in [4.78, 5) is 40.4. The minimum Gasteiger partial charge on any atom is -0.479 e. The van der Waals surface area contributed by atoms with Crippen LogP contribution in [0.4, 0.5) is 0 Å². The number of carbonyl (C=O) groups is 3. The molecule has 0 saturated heterocycles. The Morgan fingerprint density at radius 1 is 1.06 bits per heavy atom. The second-order valence-electron chi connectivity index (χ2n) is 10.7. The first-order valence-corrected chi connectivity index (χ1v) is 11.9. The molecule has 4 aliphatic rings. The maximum Gasteiger partial charge on any atom is 0.344 e. The molecule has 6 atom stereocenters. The molecule has 0 bridgehead atoms. The molecule has 1 N–H and O–H groups in total. The van der Waals surface area contributed by atoms with Gasteiger partial charge in [-0.2, -0.15) is 0 Å². The first kappa shape index (κ1) is 23.0. The molecule has 4 aliphatic carbocycles. The molecule has 0 amide bonds. The summed E-state index contributed by atoms with van der Waals surface area (Å²) in [6, 6.07) is 0. The second kappa shape index (κ2) is 7.99. The molecule has 0 aromatic rings. The number of hydrogen-bond acceptors (Lipinski definition) is 6. The van der Waals surface area contributed by atoms with Gasteiger partial charge in [-0.3, -0.25) is 9.59 Å². The molecule has 32 heavy (non-hydrogen) atoms. The lowest BCUT2D eigenvalue weighted by molar-refractivity contribution is -0.187. The van der Waals surface area contributed by atoms with Gasteiger partial charge in [0.15, 0.2) is 11.4 Å². The standard InChI is InChI=1S/C25H35NO6/c1-15(27)25(32-16(2)28)12-9-21-19-6-5-17-13-18(26-31-14-22(29)30)7-10-23(17,3)20(19)8-11-24(21,25)4/h13,19-21H,5-12,14H2,1-4H3,(H,29,30)/t19-,20+,21+,23-,24-,25-/m0/s1. The minimum absolute atomic E-state index is 0.0152. The minimum atomic E-state index is -1.03. The van der Waals surface area contributed by atoms with Gasteiger partial charge in [0.1, 0.15) is 0 Å². The summed E-state index contributed by atoms with van der Waals surface area (Å²) < 4.78 is 5.84. The number of Topliss-reactive ketones (excluding diaryl/α,β-unsaturated/α-hetero) is 1. The number of carboxylic acid groups (broad SMARTS) is 1. The highest BCUT2D eigenvalue weighted by Crippen LogP contribution is 2.68. The van der Waals surface area contributed by atoms with Crippen LogP contribution in [0.25, 0.3) is 0 Å². The first-order chi connectivity index (χ1) is 15.0. The van der Waals surface area contributed by atoms with E-state index >= 15 is 0 Å². The Morgan fingerprint density at radius 2 is 1.78 bits per heavy atom. The highest BCUT2D eigenvalue weighted by molar-refractivity contribution is 5.96. The Morgan fingerprint density at radius 3 is 2.44 bits per heavy atom. The van der Waals surface area contributed by atoms with Crippen molar-refractivity contribution < 1.29 is 29.1 Å². The SMILES string of the molecule is CC(=O)O[C@]1(C(C)=O)CC[C@@H]2[C@H]3CCC4=CC(=NOCC(=O)O)CC[C@]4(C)[C@@H]3CC[C@@]21C. The molecular weight excluding hydrogens is 410 g/mol. The van der Waals surface area contributed by atoms with Crippen LogP contribution in [-0.4, -0.2) is 40.7 Å². The first-order valence-electron chi connectivity index (χ1n) is 11.9. The highest BCUT2D eigenvalue weighted by atomic mass is 16.6. The quantitative estimate of drug-likeness (QED) is 0.500. The molecule has 7 nitrogen and oxygen atoms in total. The van der Waals surface area contributed by atoms with Crippen LogP contribution in [0.15, 0.2) is 16.8 Å². The summed E-state index contributed by atoms with van der Waals surface area (Å²) in [5.41, 5.74) is 0.999. The van der Waals surface area contributed by atoms with Gasteiger partial charge in [-0.1, -0.05) is 24.6 Å². The molecule has 0 unspecified atom stereocenters. The summed E-state index contributed by atoms with van der Waals surface area (Å²) in [5, 5.41) is 12.8. The van der Waals surface area contributed by atoms with E-state index in [-0.39, 0.29) is 22.6 Å². The number of ether oxygens (including phenoxy) is 1. The third kappa shape index (κ3) is 3.39. The highest BCUT2D eigenvalue weighted by Gasteiger charge is 2.67. The topological polar surface area (TPSA) is 102 Å². The molecule has 3 fully saturated rings. The van der Waals surface area contributed by atoms with E-state index in [1.165, 1.54) is 12.5 Å².